The van der Waals surface area contributed by atoms with Gasteiger partial charge in [-0.2, -0.15) is 0 Å². The van der Waals surface area contributed by atoms with Crippen LogP contribution in [0.5, 0.6) is 0 Å². The third kappa shape index (κ3) is 2.58. The Bertz CT molecular complexity index is 271. The van der Waals surface area contributed by atoms with E-state index in [1.54, 1.807) is 0 Å². The smallest absolute Gasteiger partial charge is 0.0187 e. The first-order valence-corrected chi connectivity index (χ1v) is 5.07. The zero-order valence-corrected chi connectivity index (χ0v) is 8.93. The fourth-order valence-electron chi connectivity index (χ4n) is 1.67. The highest BCUT2D eigenvalue weighted by atomic mass is 14.1. The Kier molecular flexibility index (Phi) is 3.53. The average Bonchev–Trinajstić information content (AvgIpc) is 2.08. The van der Waals surface area contributed by atoms with Crippen molar-refractivity contribution < 1.29 is 0 Å². The van der Waals surface area contributed by atoms with Gasteiger partial charge in [-0.05, 0) is 37.3 Å². The maximum atomic E-state index is 4.09. The highest BCUT2D eigenvalue weighted by Gasteiger charge is 2.05. The molecule has 1 aromatic rings. The van der Waals surface area contributed by atoms with Crippen molar-refractivity contribution in [3.05, 3.63) is 41.8 Å². The molecule has 0 N–H and O–H groups in total. The maximum Gasteiger partial charge on any atom is -0.0187 e. The first kappa shape index (κ1) is 10.3. The maximum absolute atomic E-state index is 4.09. The van der Waals surface area contributed by atoms with Crippen molar-refractivity contribution in [1.29, 1.82) is 0 Å². The van der Waals surface area contributed by atoms with Crippen molar-refractivity contribution in [1.82, 2.24) is 0 Å². The van der Waals surface area contributed by atoms with Gasteiger partial charge in [-0.15, -0.1) is 0 Å². The lowest BCUT2D eigenvalue weighted by Gasteiger charge is -2.12. The van der Waals surface area contributed by atoms with E-state index >= 15 is 0 Å². The lowest BCUT2D eigenvalue weighted by atomic mass is 9.93. The van der Waals surface area contributed by atoms with Crippen LogP contribution in [0.25, 0.3) is 0 Å². The third-order valence-electron chi connectivity index (χ3n) is 2.35. The molecule has 0 fully saturated rings. The summed E-state index contributed by atoms with van der Waals surface area (Å²) in [5, 5.41) is 0. The molecule has 0 saturated heterocycles. The fraction of sp³-hybridized carbons (Fsp3) is 0.462. The predicted molar refractivity (Wildman–Crippen MR) is 58.9 cm³/mol. The molecular formula is C13H19. The summed E-state index contributed by atoms with van der Waals surface area (Å²) in [6.45, 7) is 10.6. The van der Waals surface area contributed by atoms with Gasteiger partial charge in [0.2, 0.25) is 0 Å². The van der Waals surface area contributed by atoms with Crippen molar-refractivity contribution in [2.24, 2.45) is 0 Å². The normalized spacial score (nSPS) is 10.8. The van der Waals surface area contributed by atoms with Crippen molar-refractivity contribution in [2.45, 2.75) is 39.5 Å². The van der Waals surface area contributed by atoms with Crippen LogP contribution in [0.3, 0.4) is 0 Å². The molecule has 1 radical (unpaired) electrons. The van der Waals surface area contributed by atoms with E-state index in [1.165, 1.54) is 29.5 Å². The summed E-state index contributed by atoms with van der Waals surface area (Å²) >= 11 is 0. The fourth-order valence-corrected chi connectivity index (χ4v) is 1.67. The van der Waals surface area contributed by atoms with Crippen molar-refractivity contribution in [3.8, 4) is 0 Å². The van der Waals surface area contributed by atoms with Crippen LogP contribution in [-0.4, -0.2) is 0 Å². The second-order valence-electron chi connectivity index (χ2n) is 3.85. The molecule has 1 aromatic carbocycles. The van der Waals surface area contributed by atoms with Crippen LogP contribution < -0.4 is 0 Å². The van der Waals surface area contributed by atoms with Crippen LogP contribution in [0.2, 0.25) is 0 Å². The summed E-state index contributed by atoms with van der Waals surface area (Å²) in [7, 11) is 0. The number of benzene rings is 1. The van der Waals surface area contributed by atoms with E-state index in [9.17, 15) is 0 Å². The molecule has 0 amide bonds. The topological polar surface area (TPSA) is 0 Å². The SMILES string of the molecule is [CH2]C(C)c1cc(C)ccc1CCC. The zero-order valence-electron chi connectivity index (χ0n) is 8.93. The van der Waals surface area contributed by atoms with Crippen LogP contribution in [0.15, 0.2) is 18.2 Å². The molecule has 0 bridgehead atoms. The van der Waals surface area contributed by atoms with Crippen LogP contribution in [0.1, 0.15) is 42.9 Å². The van der Waals surface area contributed by atoms with Crippen LogP contribution in [0.4, 0.5) is 0 Å². The highest BCUT2D eigenvalue weighted by Crippen LogP contribution is 2.21. The lowest BCUT2D eigenvalue weighted by molar-refractivity contribution is 0.866. The number of hydrogen-bond acceptors (Lipinski definition) is 0. The summed E-state index contributed by atoms with van der Waals surface area (Å²) in [5.41, 5.74) is 4.22. The molecule has 0 spiro atoms. The number of hydrogen-bond donors (Lipinski definition) is 0. The first-order chi connectivity index (χ1) is 6.15. The predicted octanol–water partition coefficient (Wildman–Crippen LogP) is 3.89. The molecule has 0 aliphatic carbocycles. The second kappa shape index (κ2) is 4.45. The summed E-state index contributed by atoms with van der Waals surface area (Å²) < 4.78 is 0. The molecule has 1 unspecified atom stereocenters. The Morgan fingerprint density at radius 1 is 1.38 bits per heavy atom. The lowest BCUT2D eigenvalue weighted by Crippen LogP contribution is -1.96. The summed E-state index contributed by atoms with van der Waals surface area (Å²) in [6, 6.07) is 6.70. The summed E-state index contributed by atoms with van der Waals surface area (Å²) in [5.74, 6) is 0.404. The van der Waals surface area contributed by atoms with Gasteiger partial charge < -0.3 is 0 Å². The Labute approximate surface area is 82.0 Å². The van der Waals surface area contributed by atoms with Crippen LogP contribution in [-0.2, 0) is 6.42 Å². The zero-order chi connectivity index (χ0) is 9.84. The van der Waals surface area contributed by atoms with Crippen molar-refractivity contribution >= 4 is 0 Å². The molecule has 71 valence electrons. The molecule has 0 saturated carbocycles. The molecule has 0 nitrogen and oxygen atoms in total. The van der Waals surface area contributed by atoms with Gasteiger partial charge >= 0.3 is 0 Å². The van der Waals surface area contributed by atoms with Gasteiger partial charge in [0.1, 0.15) is 0 Å². The Balaban J connectivity index is 3.03. The second-order valence-corrected chi connectivity index (χ2v) is 3.85. The van der Waals surface area contributed by atoms with E-state index in [0.717, 1.165) is 0 Å². The van der Waals surface area contributed by atoms with E-state index < -0.39 is 0 Å². The highest BCUT2D eigenvalue weighted by molar-refractivity contribution is 5.34. The Morgan fingerprint density at radius 2 is 2.08 bits per heavy atom. The molecular weight excluding hydrogens is 156 g/mol. The molecule has 1 rings (SSSR count). The molecule has 0 heterocycles. The minimum absolute atomic E-state index is 0.404. The van der Waals surface area contributed by atoms with Gasteiger partial charge in [-0.25, -0.2) is 0 Å². The van der Waals surface area contributed by atoms with Gasteiger partial charge in [0.25, 0.3) is 0 Å². The van der Waals surface area contributed by atoms with E-state index in [2.05, 4.69) is 45.9 Å². The minimum atomic E-state index is 0.404. The van der Waals surface area contributed by atoms with E-state index in [0.29, 0.717) is 5.92 Å². The van der Waals surface area contributed by atoms with Gasteiger partial charge in [0, 0.05) is 0 Å². The largest absolute Gasteiger partial charge is 0.0651 e. The van der Waals surface area contributed by atoms with Crippen molar-refractivity contribution in [2.75, 3.05) is 0 Å². The van der Waals surface area contributed by atoms with Gasteiger partial charge in [0.15, 0.2) is 0 Å². The molecule has 0 aliphatic rings. The first-order valence-electron chi connectivity index (χ1n) is 5.07. The standard InChI is InChI=1S/C13H19/c1-5-6-12-8-7-11(4)9-13(12)10(2)3/h7-10H,2,5-6H2,1,3-4H3. The molecule has 1 atom stereocenters. The van der Waals surface area contributed by atoms with Gasteiger partial charge in [0.05, 0.1) is 0 Å². The van der Waals surface area contributed by atoms with Gasteiger partial charge in [-0.3, -0.25) is 0 Å². The van der Waals surface area contributed by atoms with Crippen LogP contribution in [0, 0.1) is 13.8 Å². The number of rotatable bonds is 3. The average molecular weight is 175 g/mol. The Morgan fingerprint density at radius 3 is 2.62 bits per heavy atom. The van der Waals surface area contributed by atoms with E-state index in [1.807, 2.05) is 0 Å². The molecule has 0 heteroatoms. The summed E-state index contributed by atoms with van der Waals surface area (Å²) in [6.07, 6.45) is 2.39. The van der Waals surface area contributed by atoms with Crippen molar-refractivity contribution in [3.63, 3.8) is 0 Å². The van der Waals surface area contributed by atoms with Gasteiger partial charge in [-0.1, -0.05) is 44.0 Å². The minimum Gasteiger partial charge on any atom is -0.0651 e. The van der Waals surface area contributed by atoms with Crippen LogP contribution >= 0.6 is 0 Å². The quantitative estimate of drug-likeness (QED) is 0.654. The monoisotopic (exact) mass is 175 g/mol. The Hall–Kier alpha value is -0.780. The third-order valence-corrected chi connectivity index (χ3v) is 2.35. The number of aryl methyl sites for hydroxylation is 2. The molecule has 0 aromatic heterocycles. The van der Waals surface area contributed by atoms with E-state index in [4.69, 9.17) is 0 Å². The summed E-state index contributed by atoms with van der Waals surface area (Å²) in [4.78, 5) is 0. The molecule has 0 aliphatic heterocycles. The molecule has 13 heavy (non-hydrogen) atoms. The van der Waals surface area contributed by atoms with E-state index in [-0.39, 0.29) is 0 Å².